The fourth-order valence-electron chi connectivity index (χ4n) is 8.80. The smallest absolute Gasteiger partial charge is 0.306 e. The van der Waals surface area contributed by atoms with Crippen molar-refractivity contribution in [3.05, 3.63) is 194 Å². The van der Waals surface area contributed by atoms with Crippen LogP contribution in [-0.4, -0.2) is 70.0 Å². The van der Waals surface area contributed by atoms with Crippen molar-refractivity contribution in [1.82, 2.24) is 0 Å². The highest BCUT2D eigenvalue weighted by atomic mass is 31.2. The fourth-order valence-corrected chi connectivity index (χ4v) is 9.53. The zero-order valence-corrected chi connectivity index (χ0v) is 58.4. The van der Waals surface area contributed by atoms with Gasteiger partial charge in [-0.1, -0.05) is 285 Å². The van der Waals surface area contributed by atoms with Gasteiger partial charge in [0.05, 0.1) is 27.7 Å². The first-order valence-corrected chi connectivity index (χ1v) is 36.6. The van der Waals surface area contributed by atoms with Crippen LogP contribution in [0.3, 0.4) is 0 Å². The van der Waals surface area contributed by atoms with Crippen LogP contribution >= 0.6 is 7.82 Å². The molecule has 2 atom stereocenters. The molecular formula is C80H128NO8P. The van der Waals surface area contributed by atoms with Crippen LogP contribution in [0.15, 0.2) is 194 Å². The third-order valence-corrected chi connectivity index (χ3v) is 15.1. The molecule has 0 aromatic heterocycles. The van der Waals surface area contributed by atoms with E-state index in [9.17, 15) is 19.0 Å². The Kier molecular flexibility index (Phi) is 64.3. The maximum atomic E-state index is 12.9. The summed E-state index contributed by atoms with van der Waals surface area (Å²) in [4.78, 5) is 38.1. The number of phosphoric acid groups is 1. The van der Waals surface area contributed by atoms with Crippen molar-refractivity contribution in [1.29, 1.82) is 0 Å². The van der Waals surface area contributed by atoms with Gasteiger partial charge in [0.15, 0.2) is 6.10 Å². The van der Waals surface area contributed by atoms with E-state index in [-0.39, 0.29) is 26.1 Å². The minimum Gasteiger partial charge on any atom is -0.756 e. The summed E-state index contributed by atoms with van der Waals surface area (Å²) in [7, 11) is 1.13. The monoisotopic (exact) mass is 1260 g/mol. The summed E-state index contributed by atoms with van der Waals surface area (Å²) in [5, 5.41) is 0. The Labute approximate surface area is 552 Å². The van der Waals surface area contributed by atoms with Gasteiger partial charge in [-0.3, -0.25) is 14.2 Å². The number of allylic oxidation sites excluding steroid dienone is 32. The second kappa shape index (κ2) is 68.2. The molecule has 0 rings (SSSR count). The summed E-state index contributed by atoms with van der Waals surface area (Å²) < 4.78 is 34.3. The van der Waals surface area contributed by atoms with Crippen LogP contribution in [-0.2, 0) is 32.7 Å². The van der Waals surface area contributed by atoms with Gasteiger partial charge in [0.2, 0.25) is 0 Å². The summed E-state index contributed by atoms with van der Waals surface area (Å²) in [5.41, 5.74) is 0. The molecule has 0 amide bonds. The lowest BCUT2D eigenvalue weighted by atomic mass is 10.0. The number of carbonyl (C=O) groups is 2. The Morgan fingerprint density at radius 2 is 0.600 bits per heavy atom. The molecule has 0 fully saturated rings. The summed E-state index contributed by atoms with van der Waals surface area (Å²) >= 11 is 0. The highest BCUT2D eigenvalue weighted by Crippen LogP contribution is 2.38. The summed E-state index contributed by atoms with van der Waals surface area (Å²) in [6.45, 7) is 3.97. The molecule has 0 bridgehead atoms. The lowest BCUT2D eigenvalue weighted by molar-refractivity contribution is -0.870. The van der Waals surface area contributed by atoms with Gasteiger partial charge in [0.25, 0.3) is 7.82 Å². The van der Waals surface area contributed by atoms with Crippen LogP contribution in [0.25, 0.3) is 0 Å². The average Bonchev–Trinajstić information content (AvgIpc) is 3.61. The number of unbranched alkanes of at least 4 members (excludes halogenated alkanes) is 16. The maximum absolute atomic E-state index is 12.9. The molecule has 90 heavy (non-hydrogen) atoms. The molecule has 0 aromatic carbocycles. The predicted molar refractivity (Wildman–Crippen MR) is 387 cm³/mol. The number of nitrogens with zero attached hydrogens (tertiary/aromatic N) is 1. The molecule has 10 heteroatoms. The molecule has 0 radical (unpaired) electrons. The summed E-state index contributed by atoms with van der Waals surface area (Å²) in [5.74, 6) is -0.869. The standard InChI is InChI=1S/C80H128NO8P/c1-6-8-10-12-14-16-18-20-22-24-26-28-30-32-34-36-38-39-40-41-43-45-47-49-51-53-55-57-59-61-63-65-67-69-71-73-80(83)89-78(77-88-90(84,85)87-75-74-81(3,4)5)76-86-79(82)72-70-68-66-64-62-60-58-56-54-52-50-48-46-44-42-37-35-33-31-29-27-25-23-21-19-17-15-13-11-9-7-2/h8-11,14-17,20-23,26-29,32-35,38-39,41-44,47-50,54,56,78H,6-7,12-13,18-19,24-25,30-31,36-37,40,45-46,51-53,55,57-77H2,1-5H3/b10-8-,11-9-,16-14-,17-15-,22-20-,23-21-,28-26-,29-27-,34-32-,35-33-,39-38-,43-41-,44-42-,49-47-,50-48-,56-54-. The van der Waals surface area contributed by atoms with Crippen molar-refractivity contribution in [2.45, 2.75) is 251 Å². The highest BCUT2D eigenvalue weighted by Gasteiger charge is 2.22. The number of hydrogen-bond donors (Lipinski definition) is 0. The second-order valence-corrected chi connectivity index (χ2v) is 25.2. The van der Waals surface area contributed by atoms with Gasteiger partial charge in [-0.25, -0.2) is 0 Å². The largest absolute Gasteiger partial charge is 0.756 e. The van der Waals surface area contributed by atoms with E-state index < -0.39 is 32.5 Å². The maximum Gasteiger partial charge on any atom is 0.306 e. The lowest BCUT2D eigenvalue weighted by Gasteiger charge is -2.28. The summed E-state index contributed by atoms with van der Waals surface area (Å²) in [6.07, 6.45) is 106. The first kappa shape index (κ1) is 84.8. The Morgan fingerprint density at radius 1 is 0.344 bits per heavy atom. The van der Waals surface area contributed by atoms with Crippen molar-refractivity contribution >= 4 is 19.8 Å². The number of carbonyl (C=O) groups excluding carboxylic acids is 2. The van der Waals surface area contributed by atoms with Crippen LogP contribution in [0.5, 0.6) is 0 Å². The number of ether oxygens (including phenoxy) is 2. The van der Waals surface area contributed by atoms with Crippen molar-refractivity contribution in [2.75, 3.05) is 47.5 Å². The number of phosphoric ester groups is 1. The number of esters is 2. The Bertz CT molecular complexity index is 2220. The normalized spacial score (nSPS) is 14.3. The molecule has 0 saturated carbocycles. The minimum absolute atomic E-state index is 0.0451. The van der Waals surface area contributed by atoms with Gasteiger partial charge in [-0.2, -0.15) is 0 Å². The molecule has 0 spiro atoms. The molecular weight excluding hydrogens is 1130 g/mol. The second-order valence-electron chi connectivity index (χ2n) is 23.8. The Balaban J connectivity index is 4.18. The van der Waals surface area contributed by atoms with E-state index in [1.807, 2.05) is 21.1 Å². The SMILES string of the molecule is CC/C=C\C/C=C\C/C=C\C/C=C\C/C=C\C/C=C\C/C=C\C/C=C\CCCCCCCCCCCCC(=O)OC(COC(=O)CCCCCCCC/C=C\C/C=C\C/C=C\C/C=C\C/C=C\C/C=C\C/C=C\C/C=C\CC)COP(=O)([O-])OCC[N+](C)(C)C. The van der Waals surface area contributed by atoms with Crippen LogP contribution in [0.1, 0.15) is 245 Å². The zero-order chi connectivity index (χ0) is 65.5. The zero-order valence-electron chi connectivity index (χ0n) is 57.5. The van der Waals surface area contributed by atoms with Gasteiger partial charge < -0.3 is 27.9 Å². The van der Waals surface area contributed by atoms with Gasteiger partial charge in [0.1, 0.15) is 19.8 Å². The van der Waals surface area contributed by atoms with E-state index in [0.29, 0.717) is 23.9 Å². The van der Waals surface area contributed by atoms with E-state index in [4.69, 9.17) is 18.5 Å². The molecule has 0 N–H and O–H groups in total. The van der Waals surface area contributed by atoms with Crippen molar-refractivity contribution < 1.29 is 42.1 Å². The Morgan fingerprint density at radius 3 is 0.889 bits per heavy atom. The number of hydrogen-bond acceptors (Lipinski definition) is 8. The molecule has 2 unspecified atom stereocenters. The average molecular weight is 1260 g/mol. The molecule has 0 aliphatic heterocycles. The van der Waals surface area contributed by atoms with Crippen molar-refractivity contribution in [3.8, 4) is 0 Å². The number of quaternary nitrogens is 1. The molecule has 0 heterocycles. The van der Waals surface area contributed by atoms with Crippen LogP contribution in [0.2, 0.25) is 0 Å². The number of rotatable bonds is 62. The Hall–Kier alpha value is -5.15. The summed E-state index contributed by atoms with van der Waals surface area (Å²) in [6, 6.07) is 0. The third kappa shape index (κ3) is 71.9. The first-order chi connectivity index (χ1) is 44.0. The van der Waals surface area contributed by atoms with Gasteiger partial charge in [-0.05, 0) is 141 Å². The van der Waals surface area contributed by atoms with Crippen LogP contribution in [0, 0.1) is 0 Å². The number of likely N-dealkylation sites (N-methyl/N-ethyl adjacent to an activating group) is 1. The van der Waals surface area contributed by atoms with E-state index in [2.05, 4.69) is 208 Å². The topological polar surface area (TPSA) is 111 Å². The molecule has 0 aliphatic carbocycles. The molecule has 0 aliphatic rings. The molecule has 0 saturated heterocycles. The lowest BCUT2D eigenvalue weighted by Crippen LogP contribution is -2.37. The molecule has 506 valence electrons. The first-order valence-electron chi connectivity index (χ1n) is 35.1. The van der Waals surface area contributed by atoms with Gasteiger partial charge >= 0.3 is 11.9 Å². The van der Waals surface area contributed by atoms with Gasteiger partial charge in [-0.15, -0.1) is 0 Å². The van der Waals surface area contributed by atoms with Crippen LogP contribution < -0.4 is 4.89 Å². The van der Waals surface area contributed by atoms with E-state index in [1.54, 1.807) is 0 Å². The fraction of sp³-hybridized carbons (Fsp3) is 0.575. The third-order valence-electron chi connectivity index (χ3n) is 14.1. The molecule has 9 nitrogen and oxygen atoms in total. The molecule has 0 aromatic rings. The van der Waals surface area contributed by atoms with E-state index in [1.165, 1.54) is 38.5 Å². The van der Waals surface area contributed by atoms with E-state index in [0.717, 1.165) is 167 Å². The van der Waals surface area contributed by atoms with Crippen LogP contribution in [0.4, 0.5) is 0 Å². The quantitative estimate of drug-likeness (QED) is 0.0195. The van der Waals surface area contributed by atoms with Crippen molar-refractivity contribution in [2.24, 2.45) is 0 Å². The van der Waals surface area contributed by atoms with Crippen molar-refractivity contribution in [3.63, 3.8) is 0 Å². The minimum atomic E-state index is -4.66. The highest BCUT2D eigenvalue weighted by molar-refractivity contribution is 7.45. The van der Waals surface area contributed by atoms with E-state index >= 15 is 0 Å². The van der Waals surface area contributed by atoms with Gasteiger partial charge in [0, 0.05) is 12.8 Å². The predicted octanol–water partition coefficient (Wildman–Crippen LogP) is 22.6.